The number of primary amides is 1. The Bertz CT molecular complexity index is 512. The molecule has 2 fully saturated rings. The second-order valence-corrected chi connectivity index (χ2v) is 6.12. The van der Waals surface area contributed by atoms with Crippen LogP contribution in [0.5, 0.6) is 0 Å². The standard InChI is InChI=1S/C16H23N3O2/c1-11-10-13(4-7-18-11)19-8-5-12(6-9-19)14-2-3-15(21-14)16(17)20/h4,7,10,12,14-15H,2-3,5-6,8-9H2,1H3,(H2,17,20)/t14-,15+/m0/s1. The Morgan fingerprint density at radius 2 is 2.10 bits per heavy atom. The van der Waals surface area contributed by atoms with Gasteiger partial charge >= 0.3 is 0 Å². The summed E-state index contributed by atoms with van der Waals surface area (Å²) in [5.74, 6) is 0.232. The molecule has 114 valence electrons. The Morgan fingerprint density at radius 1 is 1.33 bits per heavy atom. The quantitative estimate of drug-likeness (QED) is 0.918. The van der Waals surface area contributed by atoms with Gasteiger partial charge in [-0.3, -0.25) is 9.78 Å². The van der Waals surface area contributed by atoms with E-state index in [0.717, 1.165) is 44.5 Å². The predicted molar refractivity (Wildman–Crippen MR) is 81.0 cm³/mol. The van der Waals surface area contributed by atoms with E-state index < -0.39 is 0 Å². The molecule has 0 unspecified atom stereocenters. The first-order valence-electron chi connectivity index (χ1n) is 7.76. The van der Waals surface area contributed by atoms with Crippen molar-refractivity contribution >= 4 is 11.6 Å². The number of hydrogen-bond donors (Lipinski definition) is 1. The summed E-state index contributed by atoms with van der Waals surface area (Å²) in [6.07, 6.45) is 5.68. The molecule has 0 spiro atoms. The van der Waals surface area contributed by atoms with Gasteiger partial charge in [-0.25, -0.2) is 0 Å². The SMILES string of the molecule is Cc1cc(N2CCC([C@@H]3CC[C@H](C(N)=O)O3)CC2)ccn1. The molecule has 5 nitrogen and oxygen atoms in total. The van der Waals surface area contributed by atoms with Crippen molar-refractivity contribution in [1.82, 2.24) is 4.98 Å². The topological polar surface area (TPSA) is 68.5 Å². The summed E-state index contributed by atoms with van der Waals surface area (Å²) in [5, 5.41) is 0. The molecule has 2 atom stereocenters. The number of carbonyl (C=O) groups is 1. The third kappa shape index (κ3) is 3.18. The van der Waals surface area contributed by atoms with Crippen molar-refractivity contribution in [1.29, 1.82) is 0 Å². The number of pyridine rings is 1. The van der Waals surface area contributed by atoms with Gasteiger partial charge in [-0.2, -0.15) is 0 Å². The van der Waals surface area contributed by atoms with E-state index in [1.54, 1.807) is 0 Å². The molecule has 0 bridgehead atoms. The Kier molecular flexibility index (Phi) is 4.10. The molecule has 2 saturated heterocycles. The maximum absolute atomic E-state index is 11.2. The number of piperidine rings is 1. The number of anilines is 1. The molecule has 0 aromatic carbocycles. The molecule has 2 N–H and O–H groups in total. The Hall–Kier alpha value is -1.62. The summed E-state index contributed by atoms with van der Waals surface area (Å²) >= 11 is 0. The molecular weight excluding hydrogens is 266 g/mol. The summed E-state index contributed by atoms with van der Waals surface area (Å²) < 4.78 is 5.82. The van der Waals surface area contributed by atoms with Crippen molar-refractivity contribution in [2.24, 2.45) is 11.7 Å². The van der Waals surface area contributed by atoms with Gasteiger partial charge in [-0.15, -0.1) is 0 Å². The Balaban J connectivity index is 1.55. The molecule has 1 amide bonds. The molecule has 3 rings (SSSR count). The van der Waals surface area contributed by atoms with Gasteiger partial charge in [0, 0.05) is 30.7 Å². The molecule has 3 heterocycles. The minimum atomic E-state index is -0.365. The van der Waals surface area contributed by atoms with Crippen molar-refractivity contribution in [3.63, 3.8) is 0 Å². The van der Waals surface area contributed by atoms with Crippen LogP contribution in [0.15, 0.2) is 18.3 Å². The molecule has 2 aliphatic rings. The van der Waals surface area contributed by atoms with Crippen molar-refractivity contribution in [2.75, 3.05) is 18.0 Å². The van der Waals surface area contributed by atoms with E-state index in [0.29, 0.717) is 5.92 Å². The molecule has 0 saturated carbocycles. The third-order valence-corrected chi connectivity index (χ3v) is 4.68. The second-order valence-electron chi connectivity index (χ2n) is 6.12. The molecule has 0 radical (unpaired) electrons. The number of carbonyl (C=O) groups excluding carboxylic acids is 1. The first-order valence-corrected chi connectivity index (χ1v) is 7.76. The van der Waals surface area contributed by atoms with E-state index in [4.69, 9.17) is 10.5 Å². The van der Waals surface area contributed by atoms with Crippen LogP contribution < -0.4 is 10.6 Å². The highest BCUT2D eigenvalue weighted by molar-refractivity contribution is 5.79. The van der Waals surface area contributed by atoms with Gasteiger partial charge in [0.2, 0.25) is 5.91 Å². The molecule has 5 heteroatoms. The maximum Gasteiger partial charge on any atom is 0.246 e. The van der Waals surface area contributed by atoms with Crippen molar-refractivity contribution in [3.8, 4) is 0 Å². The number of nitrogens with two attached hydrogens (primary N) is 1. The molecule has 21 heavy (non-hydrogen) atoms. The molecule has 1 aromatic rings. The summed E-state index contributed by atoms with van der Waals surface area (Å²) in [4.78, 5) is 17.8. The van der Waals surface area contributed by atoms with Crippen LogP contribution in [0, 0.1) is 12.8 Å². The van der Waals surface area contributed by atoms with Crippen LogP contribution in [0.1, 0.15) is 31.4 Å². The van der Waals surface area contributed by atoms with Crippen LogP contribution in [0.2, 0.25) is 0 Å². The average molecular weight is 289 g/mol. The highest BCUT2D eigenvalue weighted by Crippen LogP contribution is 2.33. The van der Waals surface area contributed by atoms with Crippen LogP contribution in [0.25, 0.3) is 0 Å². The summed E-state index contributed by atoms with van der Waals surface area (Å²) in [5.41, 5.74) is 7.63. The van der Waals surface area contributed by atoms with Crippen LogP contribution in [-0.4, -0.2) is 36.2 Å². The highest BCUT2D eigenvalue weighted by Gasteiger charge is 2.35. The van der Waals surface area contributed by atoms with E-state index in [2.05, 4.69) is 22.0 Å². The minimum absolute atomic E-state index is 0.212. The lowest BCUT2D eigenvalue weighted by Crippen LogP contribution is -2.38. The van der Waals surface area contributed by atoms with Crippen LogP contribution in [0.3, 0.4) is 0 Å². The largest absolute Gasteiger partial charge is 0.371 e. The van der Waals surface area contributed by atoms with E-state index in [1.165, 1.54) is 5.69 Å². The summed E-state index contributed by atoms with van der Waals surface area (Å²) in [6.45, 7) is 4.09. The van der Waals surface area contributed by atoms with Crippen LogP contribution in [0.4, 0.5) is 5.69 Å². The van der Waals surface area contributed by atoms with Gasteiger partial charge in [0.05, 0.1) is 6.10 Å². The van der Waals surface area contributed by atoms with Gasteiger partial charge < -0.3 is 15.4 Å². The van der Waals surface area contributed by atoms with Crippen LogP contribution in [-0.2, 0) is 9.53 Å². The number of amides is 1. The number of nitrogens with zero attached hydrogens (tertiary/aromatic N) is 2. The normalized spacial score (nSPS) is 27.0. The lowest BCUT2D eigenvalue weighted by molar-refractivity contribution is -0.130. The lowest BCUT2D eigenvalue weighted by atomic mass is 9.89. The van der Waals surface area contributed by atoms with Gasteiger partial charge in [-0.1, -0.05) is 0 Å². The van der Waals surface area contributed by atoms with Gasteiger partial charge in [-0.05, 0) is 50.7 Å². The summed E-state index contributed by atoms with van der Waals surface area (Å²) in [6, 6.07) is 4.21. The number of ether oxygens (including phenoxy) is 1. The molecule has 1 aromatic heterocycles. The first kappa shape index (κ1) is 14.3. The third-order valence-electron chi connectivity index (χ3n) is 4.68. The van der Waals surface area contributed by atoms with E-state index in [1.807, 2.05) is 13.1 Å². The van der Waals surface area contributed by atoms with Gasteiger partial charge in [0.1, 0.15) is 6.10 Å². The second kappa shape index (κ2) is 6.02. The number of aromatic nitrogens is 1. The van der Waals surface area contributed by atoms with Crippen molar-refractivity contribution in [2.45, 2.75) is 44.8 Å². The molecular formula is C16H23N3O2. The number of rotatable bonds is 3. The fourth-order valence-corrected chi connectivity index (χ4v) is 3.48. The van der Waals surface area contributed by atoms with E-state index in [9.17, 15) is 4.79 Å². The molecule has 2 aliphatic heterocycles. The number of aryl methyl sites for hydroxylation is 1. The van der Waals surface area contributed by atoms with Crippen molar-refractivity contribution in [3.05, 3.63) is 24.0 Å². The van der Waals surface area contributed by atoms with E-state index in [-0.39, 0.29) is 18.1 Å². The maximum atomic E-state index is 11.2. The van der Waals surface area contributed by atoms with Crippen LogP contribution >= 0.6 is 0 Å². The zero-order valence-corrected chi connectivity index (χ0v) is 12.5. The van der Waals surface area contributed by atoms with Crippen molar-refractivity contribution < 1.29 is 9.53 Å². The molecule has 0 aliphatic carbocycles. The lowest BCUT2D eigenvalue weighted by Gasteiger charge is -2.36. The average Bonchev–Trinajstić information content (AvgIpc) is 2.97. The minimum Gasteiger partial charge on any atom is -0.371 e. The highest BCUT2D eigenvalue weighted by atomic mass is 16.5. The number of hydrogen-bond acceptors (Lipinski definition) is 4. The zero-order valence-electron chi connectivity index (χ0n) is 12.5. The summed E-state index contributed by atoms with van der Waals surface area (Å²) in [7, 11) is 0. The Morgan fingerprint density at radius 3 is 2.71 bits per heavy atom. The first-order chi connectivity index (χ1) is 10.1. The van der Waals surface area contributed by atoms with Gasteiger partial charge in [0.25, 0.3) is 0 Å². The van der Waals surface area contributed by atoms with E-state index >= 15 is 0 Å². The predicted octanol–water partition coefficient (Wildman–Crippen LogP) is 1.64. The zero-order chi connectivity index (χ0) is 14.8. The van der Waals surface area contributed by atoms with Gasteiger partial charge in [0.15, 0.2) is 0 Å². The fourth-order valence-electron chi connectivity index (χ4n) is 3.48. The smallest absolute Gasteiger partial charge is 0.246 e. The Labute approximate surface area is 125 Å². The fraction of sp³-hybridized carbons (Fsp3) is 0.625. The monoisotopic (exact) mass is 289 g/mol.